The van der Waals surface area contributed by atoms with Crippen molar-refractivity contribution in [1.29, 1.82) is 5.26 Å². The summed E-state index contributed by atoms with van der Waals surface area (Å²) in [7, 11) is 0. The second-order valence-corrected chi connectivity index (χ2v) is 6.01. The molecule has 0 aliphatic carbocycles. The van der Waals surface area contributed by atoms with E-state index in [9.17, 15) is 9.65 Å². The van der Waals surface area contributed by atoms with Crippen LogP contribution in [0.5, 0.6) is 5.75 Å². The molecule has 1 aromatic carbocycles. The van der Waals surface area contributed by atoms with Crippen molar-refractivity contribution in [3.05, 3.63) is 52.1 Å². The van der Waals surface area contributed by atoms with E-state index in [-0.39, 0.29) is 22.7 Å². The summed E-state index contributed by atoms with van der Waals surface area (Å²) in [5.74, 6) is -0.197. The van der Waals surface area contributed by atoms with Gasteiger partial charge in [-0.05, 0) is 53.6 Å². The van der Waals surface area contributed by atoms with E-state index < -0.39 is 5.82 Å². The van der Waals surface area contributed by atoms with E-state index in [0.29, 0.717) is 31.7 Å². The SMILES string of the molecule is N#Cc1cc(F)c(Br)cc1OC(CCNCCCO)c1ccoc1. The lowest BCUT2D eigenvalue weighted by Crippen LogP contribution is -2.21. The van der Waals surface area contributed by atoms with Crippen molar-refractivity contribution in [3.63, 3.8) is 0 Å². The predicted octanol–water partition coefficient (Wildman–Crippen LogP) is 3.54. The third-order valence-corrected chi connectivity index (χ3v) is 4.03. The van der Waals surface area contributed by atoms with Crippen molar-refractivity contribution in [2.75, 3.05) is 19.7 Å². The smallest absolute Gasteiger partial charge is 0.139 e. The normalized spacial score (nSPS) is 11.9. The Morgan fingerprint density at radius 1 is 1.42 bits per heavy atom. The summed E-state index contributed by atoms with van der Waals surface area (Å²) in [6.45, 7) is 1.52. The maximum Gasteiger partial charge on any atom is 0.139 e. The lowest BCUT2D eigenvalue weighted by atomic mass is 10.1. The van der Waals surface area contributed by atoms with Crippen LogP contribution in [0.25, 0.3) is 0 Å². The number of aliphatic hydroxyl groups is 1. The van der Waals surface area contributed by atoms with Gasteiger partial charge in [0.15, 0.2) is 0 Å². The van der Waals surface area contributed by atoms with Gasteiger partial charge in [-0.3, -0.25) is 0 Å². The zero-order valence-electron chi connectivity index (χ0n) is 13.0. The fourth-order valence-electron chi connectivity index (χ4n) is 2.18. The first-order chi connectivity index (χ1) is 11.7. The Balaban J connectivity index is 2.11. The molecule has 128 valence electrons. The molecule has 2 aromatic rings. The minimum atomic E-state index is -0.510. The third-order valence-electron chi connectivity index (χ3n) is 3.42. The number of hydrogen-bond acceptors (Lipinski definition) is 5. The Labute approximate surface area is 148 Å². The molecule has 0 aliphatic heterocycles. The second-order valence-electron chi connectivity index (χ2n) is 5.15. The first kappa shape index (κ1) is 18.5. The zero-order chi connectivity index (χ0) is 17.4. The Kier molecular flexibility index (Phi) is 7.25. The third kappa shape index (κ3) is 5.06. The first-order valence-electron chi connectivity index (χ1n) is 7.55. The molecule has 0 saturated heterocycles. The summed E-state index contributed by atoms with van der Waals surface area (Å²) in [4.78, 5) is 0. The molecular formula is C17H18BrFN2O3. The summed E-state index contributed by atoms with van der Waals surface area (Å²) in [5, 5.41) is 21.2. The summed E-state index contributed by atoms with van der Waals surface area (Å²) in [5.41, 5.74) is 0.973. The maximum atomic E-state index is 13.6. The number of benzene rings is 1. The molecule has 0 aliphatic rings. The molecule has 0 fully saturated rings. The zero-order valence-corrected chi connectivity index (χ0v) is 14.6. The van der Waals surface area contributed by atoms with Gasteiger partial charge in [0.05, 0.1) is 22.6 Å². The van der Waals surface area contributed by atoms with Crippen LogP contribution in [-0.4, -0.2) is 24.8 Å². The fourth-order valence-corrected chi connectivity index (χ4v) is 2.50. The van der Waals surface area contributed by atoms with E-state index in [0.717, 1.165) is 11.6 Å². The van der Waals surface area contributed by atoms with Crippen LogP contribution < -0.4 is 10.1 Å². The van der Waals surface area contributed by atoms with Crippen molar-refractivity contribution in [1.82, 2.24) is 5.32 Å². The number of nitriles is 1. The van der Waals surface area contributed by atoms with E-state index in [2.05, 4.69) is 21.2 Å². The van der Waals surface area contributed by atoms with Gasteiger partial charge in [0.2, 0.25) is 0 Å². The average Bonchev–Trinajstić information content (AvgIpc) is 3.11. The van der Waals surface area contributed by atoms with Crippen LogP contribution in [0.1, 0.15) is 30.1 Å². The average molecular weight is 397 g/mol. The van der Waals surface area contributed by atoms with Crippen LogP contribution >= 0.6 is 15.9 Å². The highest BCUT2D eigenvalue weighted by molar-refractivity contribution is 9.10. The molecule has 1 heterocycles. The van der Waals surface area contributed by atoms with E-state index in [4.69, 9.17) is 14.3 Å². The van der Waals surface area contributed by atoms with Gasteiger partial charge in [0.25, 0.3) is 0 Å². The first-order valence-corrected chi connectivity index (χ1v) is 8.34. The Morgan fingerprint density at radius 2 is 2.25 bits per heavy atom. The fraction of sp³-hybridized carbons (Fsp3) is 0.353. The van der Waals surface area contributed by atoms with E-state index in [1.165, 1.54) is 6.07 Å². The van der Waals surface area contributed by atoms with Crippen LogP contribution in [0.2, 0.25) is 0 Å². The van der Waals surface area contributed by atoms with Gasteiger partial charge in [-0.2, -0.15) is 5.26 Å². The molecule has 0 amide bonds. The van der Waals surface area contributed by atoms with Crippen LogP contribution in [-0.2, 0) is 0 Å². The minimum absolute atomic E-state index is 0.137. The molecule has 5 nitrogen and oxygen atoms in total. The molecule has 24 heavy (non-hydrogen) atoms. The number of ether oxygens (including phenoxy) is 1. The standard InChI is InChI=1S/C17H18BrFN2O3/c18-14-9-17(13(10-20)8-15(14)19)24-16(12-3-7-23-11-12)2-5-21-4-1-6-22/h3,7-9,11,16,21-22H,1-2,4-6H2. The molecular weight excluding hydrogens is 379 g/mol. The van der Waals surface area contributed by atoms with Crippen LogP contribution in [0.3, 0.4) is 0 Å². The van der Waals surface area contributed by atoms with Crippen molar-refractivity contribution in [3.8, 4) is 11.8 Å². The second kappa shape index (κ2) is 9.42. The molecule has 1 atom stereocenters. The molecule has 1 unspecified atom stereocenters. The van der Waals surface area contributed by atoms with Gasteiger partial charge in [-0.25, -0.2) is 4.39 Å². The minimum Gasteiger partial charge on any atom is -0.484 e. The number of nitrogens with one attached hydrogen (secondary N) is 1. The number of aliphatic hydroxyl groups excluding tert-OH is 1. The molecule has 0 bridgehead atoms. The van der Waals surface area contributed by atoms with Crippen LogP contribution in [0, 0.1) is 17.1 Å². The molecule has 0 saturated carbocycles. The largest absolute Gasteiger partial charge is 0.484 e. The lowest BCUT2D eigenvalue weighted by Gasteiger charge is -2.19. The van der Waals surface area contributed by atoms with Crippen molar-refractivity contribution >= 4 is 15.9 Å². The Bertz CT molecular complexity index is 686. The van der Waals surface area contributed by atoms with Gasteiger partial charge < -0.3 is 19.6 Å². The lowest BCUT2D eigenvalue weighted by molar-refractivity contribution is 0.191. The quantitative estimate of drug-likeness (QED) is 0.633. The summed E-state index contributed by atoms with van der Waals surface area (Å²) in [6, 6.07) is 6.34. The van der Waals surface area contributed by atoms with Gasteiger partial charge in [-0.15, -0.1) is 0 Å². The summed E-state index contributed by atoms with van der Waals surface area (Å²) >= 11 is 3.11. The topological polar surface area (TPSA) is 78.4 Å². The van der Waals surface area contributed by atoms with Gasteiger partial charge in [0, 0.05) is 18.6 Å². The number of nitrogens with zero attached hydrogens (tertiary/aromatic N) is 1. The number of furan rings is 1. The monoisotopic (exact) mass is 396 g/mol. The van der Waals surface area contributed by atoms with E-state index in [1.807, 2.05) is 6.07 Å². The van der Waals surface area contributed by atoms with Gasteiger partial charge in [0.1, 0.15) is 23.7 Å². The summed E-state index contributed by atoms with van der Waals surface area (Å²) < 4.78 is 24.9. The van der Waals surface area contributed by atoms with E-state index >= 15 is 0 Å². The van der Waals surface area contributed by atoms with Crippen molar-refractivity contribution < 1.29 is 18.7 Å². The Hall–Kier alpha value is -1.88. The molecule has 2 rings (SSSR count). The van der Waals surface area contributed by atoms with Crippen molar-refractivity contribution in [2.45, 2.75) is 18.9 Å². The van der Waals surface area contributed by atoms with Crippen LogP contribution in [0.4, 0.5) is 4.39 Å². The Morgan fingerprint density at radius 3 is 2.92 bits per heavy atom. The van der Waals surface area contributed by atoms with Crippen LogP contribution in [0.15, 0.2) is 39.6 Å². The number of hydrogen-bond donors (Lipinski definition) is 2. The predicted molar refractivity (Wildman–Crippen MR) is 90.1 cm³/mol. The highest BCUT2D eigenvalue weighted by atomic mass is 79.9. The maximum absolute atomic E-state index is 13.6. The molecule has 2 N–H and O–H groups in total. The number of rotatable bonds is 9. The van der Waals surface area contributed by atoms with Gasteiger partial charge >= 0.3 is 0 Å². The van der Waals surface area contributed by atoms with E-state index in [1.54, 1.807) is 18.6 Å². The molecule has 7 heteroatoms. The molecule has 0 radical (unpaired) electrons. The number of halogens is 2. The molecule has 1 aromatic heterocycles. The highest BCUT2D eigenvalue weighted by Gasteiger charge is 2.18. The van der Waals surface area contributed by atoms with Crippen molar-refractivity contribution in [2.24, 2.45) is 0 Å². The van der Waals surface area contributed by atoms with Gasteiger partial charge in [-0.1, -0.05) is 0 Å². The summed E-state index contributed by atoms with van der Waals surface area (Å²) in [6.07, 6.45) is 4.11. The molecule has 0 spiro atoms. The highest BCUT2D eigenvalue weighted by Crippen LogP contribution is 2.31.